The molecule has 1 amide bonds. The topological polar surface area (TPSA) is 68.9 Å². The van der Waals surface area contributed by atoms with E-state index in [4.69, 9.17) is 0 Å². The van der Waals surface area contributed by atoms with E-state index in [1.165, 1.54) is 10.2 Å². The lowest BCUT2D eigenvalue weighted by atomic mass is 9.87. The number of anilines is 1. The standard InChI is InChI=1S/C19H26N4O2/c1-19(2,3)14-8-10-15(11-9-14)20-17(24)13-23-18(25)22-12-6-4-5-7-16(22)21-23/h8-11H,4-7,12-13H2,1-3H3,(H,20,24). The number of nitrogens with zero attached hydrogens (tertiary/aromatic N) is 3. The maximum Gasteiger partial charge on any atom is 0.346 e. The van der Waals surface area contributed by atoms with Gasteiger partial charge in [0.25, 0.3) is 0 Å². The summed E-state index contributed by atoms with van der Waals surface area (Å²) in [6, 6.07) is 7.81. The highest BCUT2D eigenvalue weighted by Gasteiger charge is 2.17. The number of benzene rings is 1. The van der Waals surface area contributed by atoms with Gasteiger partial charge in [-0.25, -0.2) is 9.48 Å². The van der Waals surface area contributed by atoms with E-state index in [0.717, 1.165) is 37.2 Å². The smallest absolute Gasteiger partial charge is 0.324 e. The van der Waals surface area contributed by atoms with E-state index in [1.807, 2.05) is 24.3 Å². The summed E-state index contributed by atoms with van der Waals surface area (Å²) in [4.78, 5) is 24.7. The quantitative estimate of drug-likeness (QED) is 0.932. The van der Waals surface area contributed by atoms with Gasteiger partial charge in [-0.15, -0.1) is 0 Å². The van der Waals surface area contributed by atoms with Crippen LogP contribution in [0.5, 0.6) is 0 Å². The number of aromatic nitrogens is 3. The van der Waals surface area contributed by atoms with Crippen LogP contribution in [0.3, 0.4) is 0 Å². The average molecular weight is 342 g/mol. The number of amides is 1. The van der Waals surface area contributed by atoms with Crippen LogP contribution in [0, 0.1) is 0 Å². The highest BCUT2D eigenvalue weighted by atomic mass is 16.2. The molecule has 25 heavy (non-hydrogen) atoms. The number of nitrogens with one attached hydrogen (secondary N) is 1. The molecule has 1 aliphatic rings. The highest BCUT2D eigenvalue weighted by molar-refractivity contribution is 5.90. The van der Waals surface area contributed by atoms with Crippen LogP contribution < -0.4 is 11.0 Å². The molecule has 0 saturated carbocycles. The van der Waals surface area contributed by atoms with Crippen LogP contribution in [-0.4, -0.2) is 20.3 Å². The summed E-state index contributed by atoms with van der Waals surface area (Å²) in [5, 5.41) is 7.19. The number of hydrogen-bond donors (Lipinski definition) is 1. The van der Waals surface area contributed by atoms with E-state index in [1.54, 1.807) is 4.57 Å². The Balaban J connectivity index is 1.68. The number of hydrogen-bond acceptors (Lipinski definition) is 3. The van der Waals surface area contributed by atoms with E-state index in [-0.39, 0.29) is 23.6 Å². The van der Waals surface area contributed by atoms with Crippen molar-refractivity contribution in [2.45, 2.75) is 65.0 Å². The summed E-state index contributed by atoms with van der Waals surface area (Å²) in [6.45, 7) is 7.09. The third kappa shape index (κ3) is 4.00. The summed E-state index contributed by atoms with van der Waals surface area (Å²) >= 11 is 0. The van der Waals surface area contributed by atoms with Crippen LogP contribution >= 0.6 is 0 Å². The minimum atomic E-state index is -0.237. The van der Waals surface area contributed by atoms with Gasteiger partial charge in [-0.05, 0) is 36.0 Å². The number of carbonyl (C=O) groups excluding carboxylic acids is 1. The minimum Gasteiger partial charge on any atom is -0.324 e. The first kappa shape index (κ1) is 17.5. The molecule has 0 atom stereocenters. The lowest BCUT2D eigenvalue weighted by Gasteiger charge is -2.19. The first-order valence-electron chi connectivity index (χ1n) is 8.91. The van der Waals surface area contributed by atoms with Crippen LogP contribution in [-0.2, 0) is 29.7 Å². The Labute approximate surface area is 147 Å². The molecule has 6 nitrogen and oxygen atoms in total. The van der Waals surface area contributed by atoms with Crippen molar-refractivity contribution in [3.8, 4) is 0 Å². The molecule has 0 bridgehead atoms. The molecule has 1 aliphatic heterocycles. The molecular formula is C19H26N4O2. The predicted octanol–water partition coefficient (Wildman–Crippen LogP) is 2.71. The first-order valence-corrected chi connectivity index (χ1v) is 8.91. The van der Waals surface area contributed by atoms with Crippen LogP contribution in [0.25, 0.3) is 0 Å². The minimum absolute atomic E-state index is 0.0557. The number of carbonyl (C=O) groups is 1. The van der Waals surface area contributed by atoms with Crippen LogP contribution in [0.15, 0.2) is 29.1 Å². The van der Waals surface area contributed by atoms with Gasteiger partial charge in [0.05, 0.1) is 0 Å². The molecule has 6 heteroatoms. The van der Waals surface area contributed by atoms with Crippen LogP contribution in [0.1, 0.15) is 51.4 Å². The Morgan fingerprint density at radius 3 is 2.56 bits per heavy atom. The largest absolute Gasteiger partial charge is 0.346 e. The Bertz CT molecular complexity index is 809. The molecule has 2 aromatic rings. The van der Waals surface area contributed by atoms with Crippen molar-refractivity contribution in [3.63, 3.8) is 0 Å². The number of rotatable bonds is 3. The Morgan fingerprint density at radius 2 is 1.88 bits per heavy atom. The van der Waals surface area contributed by atoms with E-state index >= 15 is 0 Å². The van der Waals surface area contributed by atoms with Gasteiger partial charge in [-0.1, -0.05) is 39.3 Å². The summed E-state index contributed by atoms with van der Waals surface area (Å²) in [5.74, 6) is 0.559. The highest BCUT2D eigenvalue weighted by Crippen LogP contribution is 2.23. The molecule has 0 aliphatic carbocycles. The zero-order valence-corrected chi connectivity index (χ0v) is 15.2. The van der Waals surface area contributed by atoms with Gasteiger partial charge in [0.15, 0.2) is 0 Å². The molecule has 1 N–H and O–H groups in total. The Kier molecular flexibility index (Phi) is 4.79. The predicted molar refractivity (Wildman–Crippen MR) is 97.8 cm³/mol. The third-order valence-corrected chi connectivity index (χ3v) is 4.61. The van der Waals surface area contributed by atoms with Gasteiger partial charge in [-0.2, -0.15) is 5.10 Å². The molecule has 134 valence electrons. The van der Waals surface area contributed by atoms with Crippen molar-refractivity contribution < 1.29 is 4.79 Å². The van der Waals surface area contributed by atoms with Gasteiger partial charge >= 0.3 is 5.69 Å². The summed E-state index contributed by atoms with van der Waals surface area (Å²) in [5.41, 5.74) is 1.82. The molecule has 2 heterocycles. The molecule has 0 saturated heterocycles. The second-order valence-electron chi connectivity index (χ2n) is 7.69. The molecule has 0 radical (unpaired) electrons. The number of aryl methyl sites for hydroxylation is 1. The monoisotopic (exact) mass is 342 g/mol. The van der Waals surface area contributed by atoms with Crippen molar-refractivity contribution in [3.05, 3.63) is 46.1 Å². The molecular weight excluding hydrogens is 316 g/mol. The van der Waals surface area contributed by atoms with Gasteiger partial charge in [0.1, 0.15) is 12.4 Å². The molecule has 0 unspecified atom stereocenters. The van der Waals surface area contributed by atoms with E-state index in [2.05, 4.69) is 31.2 Å². The Morgan fingerprint density at radius 1 is 1.16 bits per heavy atom. The molecule has 3 rings (SSSR count). The van der Waals surface area contributed by atoms with E-state index < -0.39 is 0 Å². The zero-order valence-electron chi connectivity index (χ0n) is 15.2. The maximum atomic E-state index is 12.4. The molecule has 1 aromatic carbocycles. The van der Waals surface area contributed by atoms with E-state index in [9.17, 15) is 9.59 Å². The average Bonchev–Trinajstić information content (AvgIpc) is 2.73. The SMILES string of the molecule is CC(C)(C)c1ccc(NC(=O)Cn2nc3n(c2=O)CCCCC3)cc1. The Hall–Kier alpha value is -2.37. The van der Waals surface area contributed by atoms with Gasteiger partial charge < -0.3 is 5.32 Å². The third-order valence-electron chi connectivity index (χ3n) is 4.61. The molecule has 0 spiro atoms. The summed E-state index contributed by atoms with van der Waals surface area (Å²) in [6.07, 6.45) is 3.96. The van der Waals surface area contributed by atoms with Gasteiger partial charge in [0.2, 0.25) is 5.91 Å². The van der Waals surface area contributed by atoms with Crippen molar-refractivity contribution in [2.24, 2.45) is 0 Å². The van der Waals surface area contributed by atoms with Gasteiger partial charge in [-0.3, -0.25) is 9.36 Å². The normalized spacial score (nSPS) is 14.7. The van der Waals surface area contributed by atoms with Crippen molar-refractivity contribution >= 4 is 11.6 Å². The van der Waals surface area contributed by atoms with Crippen molar-refractivity contribution in [1.82, 2.24) is 14.3 Å². The fourth-order valence-corrected chi connectivity index (χ4v) is 3.12. The van der Waals surface area contributed by atoms with Crippen molar-refractivity contribution in [2.75, 3.05) is 5.32 Å². The fourth-order valence-electron chi connectivity index (χ4n) is 3.12. The van der Waals surface area contributed by atoms with Crippen molar-refractivity contribution in [1.29, 1.82) is 0 Å². The molecule has 0 fully saturated rings. The van der Waals surface area contributed by atoms with Crippen LogP contribution in [0.2, 0.25) is 0 Å². The molecule has 1 aromatic heterocycles. The number of fused-ring (bicyclic) bond motifs is 1. The maximum absolute atomic E-state index is 12.4. The first-order chi connectivity index (χ1) is 11.8. The fraction of sp³-hybridized carbons (Fsp3) is 0.526. The summed E-state index contributed by atoms with van der Waals surface area (Å²) in [7, 11) is 0. The lowest BCUT2D eigenvalue weighted by Crippen LogP contribution is -2.30. The van der Waals surface area contributed by atoms with Crippen LogP contribution in [0.4, 0.5) is 5.69 Å². The second-order valence-corrected chi connectivity index (χ2v) is 7.69. The second kappa shape index (κ2) is 6.86. The van der Waals surface area contributed by atoms with Gasteiger partial charge in [0, 0.05) is 18.7 Å². The lowest BCUT2D eigenvalue weighted by molar-refractivity contribution is -0.117. The summed E-state index contributed by atoms with van der Waals surface area (Å²) < 4.78 is 2.98. The van der Waals surface area contributed by atoms with E-state index in [0.29, 0.717) is 6.54 Å². The zero-order chi connectivity index (χ0) is 18.0.